The molecular weight excluding hydrogens is 274 g/mol. The summed E-state index contributed by atoms with van der Waals surface area (Å²) in [4.78, 5) is 16.5. The Hall–Kier alpha value is -2.18. The Labute approximate surface area is 119 Å². The number of furan rings is 1. The Bertz CT molecular complexity index is 760. The van der Waals surface area contributed by atoms with E-state index in [9.17, 15) is 4.79 Å². The van der Waals surface area contributed by atoms with Gasteiger partial charge in [0, 0.05) is 16.8 Å². The number of nitrogens with one attached hydrogen (secondary N) is 1. The molecule has 0 aliphatic rings. The minimum absolute atomic E-state index is 0.147. The minimum atomic E-state index is -0.236. The summed E-state index contributed by atoms with van der Waals surface area (Å²) in [6, 6.07) is 7.26. The summed E-state index contributed by atoms with van der Waals surface area (Å²) < 4.78 is 5.35. The van der Waals surface area contributed by atoms with E-state index in [-0.39, 0.29) is 11.9 Å². The first-order valence-electron chi connectivity index (χ1n) is 6.14. The maximum atomic E-state index is 12.2. The third-order valence-electron chi connectivity index (χ3n) is 2.93. The number of carbonyl (C=O) groups is 1. The fourth-order valence-electron chi connectivity index (χ4n) is 1.87. The number of para-hydroxylation sites is 1. The number of nitrogens with two attached hydrogens (primary N) is 1. The first-order chi connectivity index (χ1) is 9.65. The summed E-state index contributed by atoms with van der Waals surface area (Å²) in [7, 11) is 0. The van der Waals surface area contributed by atoms with Gasteiger partial charge in [0.2, 0.25) is 0 Å². The largest absolute Gasteiger partial charge is 0.463 e. The van der Waals surface area contributed by atoms with Gasteiger partial charge < -0.3 is 10.2 Å². The second kappa shape index (κ2) is 5.07. The average molecular weight is 287 g/mol. The van der Waals surface area contributed by atoms with Gasteiger partial charge in [-0.3, -0.25) is 10.1 Å². The van der Waals surface area contributed by atoms with Crippen LogP contribution in [0.1, 0.15) is 29.0 Å². The number of anilines is 1. The molecule has 102 valence electrons. The van der Waals surface area contributed by atoms with Crippen LogP contribution in [0.4, 0.5) is 5.13 Å². The number of amides is 1. The molecule has 0 fully saturated rings. The number of rotatable bonds is 3. The van der Waals surface area contributed by atoms with Gasteiger partial charge in [-0.15, -0.1) is 11.3 Å². The van der Waals surface area contributed by atoms with Crippen molar-refractivity contribution in [2.45, 2.75) is 13.0 Å². The minimum Gasteiger partial charge on any atom is -0.463 e. The van der Waals surface area contributed by atoms with Crippen molar-refractivity contribution in [3.63, 3.8) is 0 Å². The lowest BCUT2D eigenvalue weighted by molar-refractivity contribution is 0.102. The van der Waals surface area contributed by atoms with Gasteiger partial charge >= 0.3 is 0 Å². The summed E-state index contributed by atoms with van der Waals surface area (Å²) in [5, 5.41) is 5.93. The Kier molecular flexibility index (Phi) is 3.25. The molecule has 1 unspecified atom stereocenters. The molecule has 0 saturated heterocycles. The average Bonchev–Trinajstić information content (AvgIpc) is 3.04. The molecular formula is C14H13N3O2S. The normalized spacial score (nSPS) is 12.5. The third kappa shape index (κ3) is 2.31. The summed E-state index contributed by atoms with van der Waals surface area (Å²) in [5.41, 5.74) is 7.70. The molecule has 6 heteroatoms. The zero-order chi connectivity index (χ0) is 14.1. The van der Waals surface area contributed by atoms with E-state index < -0.39 is 0 Å². The van der Waals surface area contributed by atoms with Gasteiger partial charge in [0.05, 0.1) is 11.3 Å². The molecule has 0 saturated carbocycles. The summed E-state index contributed by atoms with van der Waals surface area (Å²) >= 11 is 1.36. The number of nitrogens with zero attached hydrogens (tertiary/aromatic N) is 1. The number of fused-ring (bicyclic) bond motifs is 1. The molecule has 1 amide bonds. The number of aromatic nitrogens is 1. The molecule has 2 aromatic heterocycles. The van der Waals surface area contributed by atoms with Crippen molar-refractivity contribution in [2.24, 2.45) is 5.73 Å². The van der Waals surface area contributed by atoms with Crippen LogP contribution >= 0.6 is 11.3 Å². The van der Waals surface area contributed by atoms with Crippen molar-refractivity contribution in [2.75, 3.05) is 5.32 Å². The maximum Gasteiger partial charge on any atom is 0.261 e. The molecule has 0 bridgehead atoms. The number of carbonyl (C=O) groups excluding carboxylic acids is 1. The fourth-order valence-corrected chi connectivity index (χ4v) is 2.68. The number of benzene rings is 1. The zero-order valence-electron chi connectivity index (χ0n) is 10.8. The highest BCUT2D eigenvalue weighted by Crippen LogP contribution is 2.23. The van der Waals surface area contributed by atoms with Crippen LogP contribution in [0.15, 0.2) is 40.3 Å². The SMILES string of the molecule is CC(N)c1csc(NC(=O)c2coc3ccccc23)n1. The van der Waals surface area contributed by atoms with Crippen LogP contribution in [0.3, 0.4) is 0 Å². The van der Waals surface area contributed by atoms with Gasteiger partial charge in [0.1, 0.15) is 11.8 Å². The van der Waals surface area contributed by atoms with E-state index in [4.69, 9.17) is 10.2 Å². The first kappa shape index (κ1) is 12.8. The highest BCUT2D eigenvalue weighted by molar-refractivity contribution is 7.14. The molecule has 1 atom stereocenters. The topological polar surface area (TPSA) is 81.1 Å². The van der Waals surface area contributed by atoms with Gasteiger partial charge in [0.25, 0.3) is 5.91 Å². The van der Waals surface area contributed by atoms with E-state index in [0.717, 1.165) is 11.1 Å². The Morgan fingerprint density at radius 1 is 1.45 bits per heavy atom. The van der Waals surface area contributed by atoms with Crippen molar-refractivity contribution < 1.29 is 9.21 Å². The molecule has 3 aromatic rings. The summed E-state index contributed by atoms with van der Waals surface area (Å²) in [5.74, 6) is -0.236. The number of hydrogen-bond acceptors (Lipinski definition) is 5. The Morgan fingerprint density at radius 2 is 2.25 bits per heavy atom. The van der Waals surface area contributed by atoms with E-state index in [1.165, 1.54) is 17.6 Å². The number of thiazole rings is 1. The predicted octanol–water partition coefficient (Wildman–Crippen LogP) is 3.16. The van der Waals surface area contributed by atoms with Crippen molar-refractivity contribution in [1.82, 2.24) is 4.98 Å². The van der Waals surface area contributed by atoms with Crippen LogP contribution in [0.25, 0.3) is 11.0 Å². The molecule has 2 heterocycles. The lowest BCUT2D eigenvalue weighted by Gasteiger charge is -2.00. The summed E-state index contributed by atoms with van der Waals surface area (Å²) in [6.07, 6.45) is 1.46. The molecule has 5 nitrogen and oxygen atoms in total. The molecule has 1 aromatic carbocycles. The monoisotopic (exact) mass is 287 g/mol. The Balaban J connectivity index is 1.85. The van der Waals surface area contributed by atoms with E-state index in [1.807, 2.05) is 36.6 Å². The lowest BCUT2D eigenvalue weighted by Crippen LogP contribution is -2.12. The van der Waals surface area contributed by atoms with Crippen LogP contribution < -0.4 is 11.1 Å². The molecule has 0 spiro atoms. The van der Waals surface area contributed by atoms with E-state index >= 15 is 0 Å². The molecule has 0 aliphatic heterocycles. The van der Waals surface area contributed by atoms with Crippen molar-refractivity contribution in [3.05, 3.63) is 47.2 Å². The third-order valence-corrected chi connectivity index (χ3v) is 3.71. The quantitative estimate of drug-likeness (QED) is 0.775. The van der Waals surface area contributed by atoms with Crippen LogP contribution in [0, 0.1) is 0 Å². The predicted molar refractivity (Wildman–Crippen MR) is 78.9 cm³/mol. The summed E-state index contributed by atoms with van der Waals surface area (Å²) in [6.45, 7) is 1.85. The van der Waals surface area contributed by atoms with E-state index in [0.29, 0.717) is 16.3 Å². The van der Waals surface area contributed by atoms with Crippen LogP contribution in [-0.2, 0) is 0 Å². The van der Waals surface area contributed by atoms with Crippen LogP contribution in [-0.4, -0.2) is 10.9 Å². The molecule has 0 aliphatic carbocycles. The smallest absolute Gasteiger partial charge is 0.261 e. The second-order valence-electron chi connectivity index (χ2n) is 4.47. The second-order valence-corrected chi connectivity index (χ2v) is 5.32. The molecule has 3 rings (SSSR count). The maximum absolute atomic E-state index is 12.2. The standard InChI is InChI=1S/C14H13N3O2S/c1-8(15)11-7-20-14(16-11)17-13(18)10-6-19-12-5-3-2-4-9(10)12/h2-8H,15H2,1H3,(H,16,17,18). The highest BCUT2D eigenvalue weighted by Gasteiger charge is 2.15. The van der Waals surface area contributed by atoms with E-state index in [1.54, 1.807) is 0 Å². The fraction of sp³-hybridized carbons (Fsp3) is 0.143. The first-order valence-corrected chi connectivity index (χ1v) is 7.01. The van der Waals surface area contributed by atoms with Gasteiger partial charge in [-0.1, -0.05) is 18.2 Å². The van der Waals surface area contributed by atoms with Gasteiger partial charge in [-0.05, 0) is 13.0 Å². The molecule has 20 heavy (non-hydrogen) atoms. The van der Waals surface area contributed by atoms with Crippen LogP contribution in [0.2, 0.25) is 0 Å². The number of hydrogen-bond donors (Lipinski definition) is 2. The van der Waals surface area contributed by atoms with Crippen molar-refractivity contribution >= 4 is 33.3 Å². The van der Waals surface area contributed by atoms with Gasteiger partial charge in [-0.2, -0.15) is 0 Å². The van der Waals surface area contributed by atoms with Crippen molar-refractivity contribution in [1.29, 1.82) is 0 Å². The zero-order valence-corrected chi connectivity index (χ0v) is 11.6. The Morgan fingerprint density at radius 3 is 3.00 bits per heavy atom. The molecule has 0 radical (unpaired) electrons. The van der Waals surface area contributed by atoms with Crippen LogP contribution in [0.5, 0.6) is 0 Å². The highest BCUT2D eigenvalue weighted by atomic mass is 32.1. The van der Waals surface area contributed by atoms with Gasteiger partial charge in [0.15, 0.2) is 5.13 Å². The van der Waals surface area contributed by atoms with Crippen molar-refractivity contribution in [3.8, 4) is 0 Å². The lowest BCUT2D eigenvalue weighted by atomic mass is 10.2. The van der Waals surface area contributed by atoms with E-state index in [2.05, 4.69) is 10.3 Å². The molecule has 3 N–H and O–H groups in total. The van der Waals surface area contributed by atoms with Gasteiger partial charge in [-0.25, -0.2) is 4.98 Å².